The maximum atomic E-state index is 12.1. The molecule has 4 heteroatoms. The van der Waals surface area contributed by atoms with Crippen molar-refractivity contribution >= 4 is 11.8 Å². The zero-order valence-corrected chi connectivity index (χ0v) is 14.3. The molecule has 1 aromatic carbocycles. The van der Waals surface area contributed by atoms with Gasteiger partial charge in [-0.25, -0.2) is 0 Å². The minimum atomic E-state index is -0.392. The Morgan fingerprint density at radius 3 is 2.39 bits per heavy atom. The molecule has 2 rings (SSSR count). The summed E-state index contributed by atoms with van der Waals surface area (Å²) in [5, 5.41) is 2.47. The van der Waals surface area contributed by atoms with Gasteiger partial charge in [0.2, 0.25) is 11.8 Å². The number of imide groups is 1. The molecule has 2 atom stereocenters. The highest BCUT2D eigenvalue weighted by atomic mass is 16.5. The first kappa shape index (κ1) is 17.3. The van der Waals surface area contributed by atoms with Crippen molar-refractivity contribution in [1.82, 2.24) is 5.32 Å². The first-order valence-electron chi connectivity index (χ1n) is 8.09. The van der Waals surface area contributed by atoms with Gasteiger partial charge in [-0.2, -0.15) is 0 Å². The van der Waals surface area contributed by atoms with E-state index >= 15 is 0 Å². The first-order valence-corrected chi connectivity index (χ1v) is 8.09. The van der Waals surface area contributed by atoms with Crippen molar-refractivity contribution in [2.75, 3.05) is 6.61 Å². The van der Waals surface area contributed by atoms with Crippen LogP contribution in [0.1, 0.15) is 45.6 Å². The molecular weight excluding hydrogens is 290 g/mol. The van der Waals surface area contributed by atoms with E-state index in [0.717, 1.165) is 11.3 Å². The van der Waals surface area contributed by atoms with E-state index in [0.29, 0.717) is 18.9 Å². The number of ether oxygens (including phenoxy) is 1. The average molecular weight is 315 g/mol. The number of benzene rings is 1. The normalized spacial score (nSPS) is 20.6. The summed E-state index contributed by atoms with van der Waals surface area (Å²) in [6.45, 7) is 8.70. The quantitative estimate of drug-likeness (QED) is 0.646. The van der Waals surface area contributed by atoms with E-state index in [1.807, 2.05) is 44.2 Å². The Bertz CT molecular complexity index is 598. The lowest BCUT2D eigenvalue weighted by molar-refractivity contribution is -0.126. The maximum Gasteiger partial charge on any atom is 0.234 e. The second kappa shape index (κ2) is 7.44. The van der Waals surface area contributed by atoms with Crippen LogP contribution in [0.15, 0.2) is 35.9 Å². The number of hydrogen-bond acceptors (Lipinski definition) is 3. The minimum absolute atomic E-state index is 0.155. The molecule has 1 aliphatic heterocycles. The van der Waals surface area contributed by atoms with Crippen molar-refractivity contribution in [3.8, 4) is 5.75 Å². The molecule has 1 saturated heterocycles. The van der Waals surface area contributed by atoms with Crippen LogP contribution in [0.5, 0.6) is 5.75 Å². The van der Waals surface area contributed by atoms with Gasteiger partial charge in [-0.3, -0.25) is 14.9 Å². The van der Waals surface area contributed by atoms with Crippen molar-refractivity contribution in [1.29, 1.82) is 0 Å². The molecule has 1 heterocycles. The number of rotatable bonds is 6. The van der Waals surface area contributed by atoms with Crippen LogP contribution in [-0.4, -0.2) is 18.4 Å². The van der Waals surface area contributed by atoms with Gasteiger partial charge in [0, 0.05) is 0 Å². The molecule has 1 aliphatic rings. The molecule has 124 valence electrons. The Kier molecular flexibility index (Phi) is 5.59. The summed E-state index contributed by atoms with van der Waals surface area (Å²) in [7, 11) is 0. The number of hydrogen-bond donors (Lipinski definition) is 1. The second-order valence-corrected chi connectivity index (χ2v) is 6.73. The van der Waals surface area contributed by atoms with Crippen LogP contribution in [-0.2, 0) is 9.59 Å². The van der Waals surface area contributed by atoms with Crippen LogP contribution in [0.2, 0.25) is 0 Å². The molecule has 0 bridgehead atoms. The van der Waals surface area contributed by atoms with Gasteiger partial charge < -0.3 is 4.74 Å². The summed E-state index contributed by atoms with van der Waals surface area (Å²) in [4.78, 5) is 24.2. The molecule has 1 fully saturated rings. The zero-order valence-electron chi connectivity index (χ0n) is 14.3. The number of nitrogens with one attached hydrogen (secondary N) is 1. The Morgan fingerprint density at radius 1 is 1.17 bits per heavy atom. The van der Waals surface area contributed by atoms with Crippen LogP contribution in [0.3, 0.4) is 0 Å². The molecule has 0 aromatic heterocycles. The summed E-state index contributed by atoms with van der Waals surface area (Å²) in [5.74, 6) is 0.107. The summed E-state index contributed by atoms with van der Waals surface area (Å²) >= 11 is 0. The van der Waals surface area contributed by atoms with Crippen molar-refractivity contribution in [3.05, 3.63) is 41.5 Å². The van der Waals surface area contributed by atoms with Gasteiger partial charge in [0.1, 0.15) is 12.4 Å². The Morgan fingerprint density at radius 2 is 1.83 bits per heavy atom. The molecular formula is C19H25NO3. The molecule has 23 heavy (non-hydrogen) atoms. The molecule has 0 saturated carbocycles. The summed E-state index contributed by atoms with van der Waals surface area (Å²) in [6, 6.07) is 7.48. The highest BCUT2D eigenvalue weighted by molar-refractivity contribution is 6.07. The van der Waals surface area contributed by atoms with Gasteiger partial charge >= 0.3 is 0 Å². The van der Waals surface area contributed by atoms with Gasteiger partial charge in [-0.05, 0) is 50.0 Å². The van der Waals surface area contributed by atoms with Gasteiger partial charge in [0.25, 0.3) is 0 Å². The van der Waals surface area contributed by atoms with Gasteiger partial charge in [-0.1, -0.05) is 31.6 Å². The molecule has 0 spiro atoms. The number of carbonyl (C=O) groups is 2. The lowest BCUT2D eigenvalue weighted by Gasteiger charge is -2.17. The topological polar surface area (TPSA) is 55.4 Å². The van der Waals surface area contributed by atoms with Gasteiger partial charge in [0.15, 0.2) is 0 Å². The molecule has 1 N–H and O–H groups in total. The molecule has 0 radical (unpaired) electrons. The van der Waals surface area contributed by atoms with E-state index in [2.05, 4.69) is 19.2 Å². The Balaban J connectivity index is 2.12. The van der Waals surface area contributed by atoms with Crippen LogP contribution < -0.4 is 10.1 Å². The second-order valence-electron chi connectivity index (χ2n) is 6.73. The van der Waals surface area contributed by atoms with E-state index < -0.39 is 5.92 Å². The highest BCUT2D eigenvalue weighted by Gasteiger charge is 2.42. The highest BCUT2D eigenvalue weighted by Crippen LogP contribution is 2.34. The Labute approximate surface area is 137 Å². The van der Waals surface area contributed by atoms with Gasteiger partial charge in [0.05, 0.1) is 11.8 Å². The third-order valence-corrected chi connectivity index (χ3v) is 3.97. The van der Waals surface area contributed by atoms with E-state index in [-0.39, 0.29) is 17.7 Å². The summed E-state index contributed by atoms with van der Waals surface area (Å²) in [6.07, 6.45) is 2.72. The fourth-order valence-corrected chi connectivity index (χ4v) is 2.84. The van der Waals surface area contributed by atoms with Crippen LogP contribution in [0, 0.1) is 11.8 Å². The molecule has 0 aliphatic carbocycles. The van der Waals surface area contributed by atoms with Crippen LogP contribution >= 0.6 is 0 Å². The SMILES string of the molecule is CC(C)=CCOc1ccc([C@@H]2C(=O)NC(=O)[C@H]2CC(C)C)cc1. The third-order valence-electron chi connectivity index (χ3n) is 3.97. The lowest BCUT2D eigenvalue weighted by atomic mass is 9.83. The van der Waals surface area contributed by atoms with Crippen molar-refractivity contribution in [3.63, 3.8) is 0 Å². The molecule has 0 unspecified atom stereocenters. The van der Waals surface area contributed by atoms with Gasteiger partial charge in [-0.15, -0.1) is 0 Å². The average Bonchev–Trinajstić information content (AvgIpc) is 2.73. The molecule has 2 amide bonds. The minimum Gasteiger partial charge on any atom is -0.490 e. The smallest absolute Gasteiger partial charge is 0.234 e. The number of allylic oxidation sites excluding steroid dienone is 1. The molecule has 1 aromatic rings. The van der Waals surface area contributed by atoms with Crippen LogP contribution in [0.4, 0.5) is 0 Å². The van der Waals surface area contributed by atoms with Crippen LogP contribution in [0.25, 0.3) is 0 Å². The fraction of sp³-hybridized carbons (Fsp3) is 0.474. The van der Waals surface area contributed by atoms with E-state index in [1.165, 1.54) is 5.57 Å². The summed E-state index contributed by atoms with van der Waals surface area (Å²) in [5.41, 5.74) is 2.08. The predicted octanol–water partition coefficient (Wildman–Crippen LogP) is 3.43. The zero-order chi connectivity index (χ0) is 17.0. The fourth-order valence-electron chi connectivity index (χ4n) is 2.84. The first-order chi connectivity index (χ1) is 10.9. The predicted molar refractivity (Wildman–Crippen MR) is 90.2 cm³/mol. The third kappa shape index (κ3) is 4.44. The number of carbonyl (C=O) groups excluding carboxylic acids is 2. The maximum absolute atomic E-state index is 12.1. The summed E-state index contributed by atoms with van der Waals surface area (Å²) < 4.78 is 5.63. The molecule has 4 nitrogen and oxygen atoms in total. The lowest BCUT2D eigenvalue weighted by Crippen LogP contribution is -2.22. The monoisotopic (exact) mass is 315 g/mol. The van der Waals surface area contributed by atoms with E-state index in [4.69, 9.17) is 4.74 Å². The Hall–Kier alpha value is -2.10. The van der Waals surface area contributed by atoms with Crippen molar-refractivity contribution in [2.45, 2.75) is 40.0 Å². The number of amides is 2. The van der Waals surface area contributed by atoms with Crippen molar-refractivity contribution in [2.24, 2.45) is 11.8 Å². The van der Waals surface area contributed by atoms with Crippen molar-refractivity contribution < 1.29 is 14.3 Å². The largest absolute Gasteiger partial charge is 0.490 e. The standard InChI is InChI=1S/C19H25NO3/c1-12(2)9-10-23-15-7-5-14(6-8-15)17-16(11-13(3)4)18(21)20-19(17)22/h5-9,13,16-17H,10-11H2,1-4H3,(H,20,21,22)/t16-,17-/m0/s1. The van der Waals surface area contributed by atoms with E-state index in [9.17, 15) is 9.59 Å². The van der Waals surface area contributed by atoms with E-state index in [1.54, 1.807) is 0 Å².